The molecule has 0 spiro atoms. The first kappa shape index (κ1) is 23.5. The second-order valence-corrected chi connectivity index (χ2v) is 9.24. The Morgan fingerprint density at radius 2 is 1.87 bits per heavy atom. The zero-order chi connectivity index (χ0) is 21.9. The molecule has 168 valence electrons. The Kier molecular flexibility index (Phi) is 9.09. The first-order valence-electron chi connectivity index (χ1n) is 12.0. The molecular weight excluding hydrogens is 388 g/mol. The summed E-state index contributed by atoms with van der Waals surface area (Å²) in [6.45, 7) is 1.75. The van der Waals surface area contributed by atoms with Crippen LogP contribution >= 0.6 is 0 Å². The van der Waals surface area contributed by atoms with Crippen molar-refractivity contribution in [3.05, 3.63) is 35.4 Å². The van der Waals surface area contributed by atoms with E-state index in [1.807, 2.05) is 18.2 Å². The van der Waals surface area contributed by atoms with E-state index in [4.69, 9.17) is 10.00 Å². The standard InChI is InChI=1S/C26H36N2O3/c27-20-26(14-15-26)24(29)18-28-25(30)23-13-8-12-21(17-23)9-4-1-2-7-16-31-19-22-10-5-3-6-11-22/h8,12-13,17,22H,1-7,9-11,14-16,18-19H2,(H,28,30). The Morgan fingerprint density at radius 3 is 2.61 bits per heavy atom. The molecule has 31 heavy (non-hydrogen) atoms. The van der Waals surface area contributed by atoms with E-state index in [1.165, 1.54) is 38.5 Å². The monoisotopic (exact) mass is 424 g/mol. The number of nitriles is 1. The van der Waals surface area contributed by atoms with Crippen molar-refractivity contribution in [1.82, 2.24) is 5.32 Å². The molecule has 0 bridgehead atoms. The number of Topliss-reactive ketones (excluding diaryl/α,β-unsaturated/α-hetero) is 1. The summed E-state index contributed by atoms with van der Waals surface area (Å²) in [4.78, 5) is 24.4. The van der Waals surface area contributed by atoms with Crippen LogP contribution in [0.1, 0.15) is 86.6 Å². The highest BCUT2D eigenvalue weighted by Crippen LogP contribution is 2.45. The van der Waals surface area contributed by atoms with Crippen LogP contribution in [0, 0.1) is 22.7 Å². The minimum Gasteiger partial charge on any atom is -0.381 e. The number of hydrogen-bond acceptors (Lipinski definition) is 4. The second-order valence-electron chi connectivity index (χ2n) is 9.24. The largest absolute Gasteiger partial charge is 0.381 e. The molecule has 1 aromatic rings. The first-order chi connectivity index (χ1) is 15.1. The lowest BCUT2D eigenvalue weighted by atomic mass is 9.90. The summed E-state index contributed by atoms with van der Waals surface area (Å²) in [6, 6.07) is 9.69. The second kappa shape index (κ2) is 12.0. The number of amides is 1. The number of benzene rings is 1. The molecule has 5 heteroatoms. The number of rotatable bonds is 13. The number of ether oxygens (including phenoxy) is 1. The predicted molar refractivity (Wildman–Crippen MR) is 121 cm³/mol. The van der Waals surface area contributed by atoms with Crippen LogP contribution in [0.5, 0.6) is 0 Å². The summed E-state index contributed by atoms with van der Waals surface area (Å²) in [5.74, 6) is 0.360. The summed E-state index contributed by atoms with van der Waals surface area (Å²) in [5, 5.41) is 11.7. The van der Waals surface area contributed by atoms with Crippen molar-refractivity contribution in [1.29, 1.82) is 5.26 Å². The molecule has 2 saturated carbocycles. The van der Waals surface area contributed by atoms with Crippen molar-refractivity contribution in [3.8, 4) is 6.07 Å². The van der Waals surface area contributed by atoms with Crippen LogP contribution in [0.25, 0.3) is 0 Å². The van der Waals surface area contributed by atoms with Gasteiger partial charge in [-0.1, -0.05) is 44.2 Å². The highest BCUT2D eigenvalue weighted by Gasteiger charge is 2.49. The van der Waals surface area contributed by atoms with Crippen molar-refractivity contribution >= 4 is 11.7 Å². The van der Waals surface area contributed by atoms with Gasteiger partial charge in [-0.2, -0.15) is 5.26 Å². The van der Waals surface area contributed by atoms with Gasteiger partial charge in [-0.3, -0.25) is 9.59 Å². The number of nitrogens with zero attached hydrogens (tertiary/aromatic N) is 1. The van der Waals surface area contributed by atoms with Crippen molar-refractivity contribution in [2.45, 2.75) is 77.0 Å². The van der Waals surface area contributed by atoms with Gasteiger partial charge in [-0.15, -0.1) is 0 Å². The molecule has 2 fully saturated rings. The lowest BCUT2D eigenvalue weighted by Gasteiger charge is -2.21. The van der Waals surface area contributed by atoms with Crippen LogP contribution in [-0.4, -0.2) is 31.4 Å². The van der Waals surface area contributed by atoms with Crippen LogP contribution in [0.3, 0.4) is 0 Å². The molecule has 2 aliphatic carbocycles. The molecule has 1 N–H and O–H groups in total. The number of hydrogen-bond donors (Lipinski definition) is 1. The van der Waals surface area contributed by atoms with Crippen molar-refractivity contribution in [2.75, 3.05) is 19.8 Å². The van der Waals surface area contributed by atoms with Gasteiger partial charge in [-0.05, 0) is 68.6 Å². The molecule has 0 aromatic heterocycles. The maximum atomic E-state index is 12.4. The zero-order valence-electron chi connectivity index (χ0n) is 18.7. The quantitative estimate of drug-likeness (QED) is 0.453. The third-order valence-electron chi connectivity index (χ3n) is 6.68. The van der Waals surface area contributed by atoms with E-state index in [0.717, 1.165) is 50.4 Å². The molecule has 1 amide bonds. The Bertz CT molecular complexity index is 773. The predicted octanol–water partition coefficient (Wildman–Crippen LogP) is 4.99. The third kappa shape index (κ3) is 7.47. The van der Waals surface area contributed by atoms with E-state index in [-0.39, 0.29) is 18.2 Å². The smallest absolute Gasteiger partial charge is 0.251 e. The molecule has 0 atom stereocenters. The topological polar surface area (TPSA) is 79.2 Å². The lowest BCUT2D eigenvalue weighted by molar-refractivity contribution is -0.121. The highest BCUT2D eigenvalue weighted by atomic mass is 16.5. The molecule has 2 aliphatic rings. The first-order valence-corrected chi connectivity index (χ1v) is 12.0. The van der Waals surface area contributed by atoms with E-state index in [9.17, 15) is 9.59 Å². The van der Waals surface area contributed by atoms with Gasteiger partial charge in [0.2, 0.25) is 0 Å². The van der Waals surface area contributed by atoms with Crippen LogP contribution in [0.4, 0.5) is 0 Å². The number of nitrogens with one attached hydrogen (secondary N) is 1. The lowest BCUT2D eigenvalue weighted by Crippen LogP contribution is -2.33. The van der Waals surface area contributed by atoms with Crippen LogP contribution in [0.2, 0.25) is 0 Å². The van der Waals surface area contributed by atoms with E-state index < -0.39 is 5.41 Å². The van der Waals surface area contributed by atoms with E-state index >= 15 is 0 Å². The summed E-state index contributed by atoms with van der Waals surface area (Å²) >= 11 is 0. The van der Waals surface area contributed by atoms with Gasteiger partial charge in [0.25, 0.3) is 5.91 Å². The van der Waals surface area contributed by atoms with Gasteiger partial charge in [0.15, 0.2) is 5.78 Å². The van der Waals surface area contributed by atoms with Gasteiger partial charge >= 0.3 is 0 Å². The van der Waals surface area contributed by atoms with Gasteiger partial charge in [-0.25, -0.2) is 0 Å². The maximum Gasteiger partial charge on any atom is 0.251 e. The molecule has 0 radical (unpaired) electrons. The van der Waals surface area contributed by atoms with Crippen molar-refractivity contribution in [3.63, 3.8) is 0 Å². The van der Waals surface area contributed by atoms with Gasteiger partial charge in [0, 0.05) is 18.8 Å². The van der Waals surface area contributed by atoms with Gasteiger partial charge < -0.3 is 10.1 Å². The normalized spacial score (nSPS) is 17.6. The summed E-state index contributed by atoms with van der Waals surface area (Å²) < 4.78 is 5.87. The fourth-order valence-electron chi connectivity index (χ4n) is 4.37. The van der Waals surface area contributed by atoms with Crippen LogP contribution in [-0.2, 0) is 16.0 Å². The third-order valence-corrected chi connectivity index (χ3v) is 6.68. The minimum atomic E-state index is -0.837. The Balaban J connectivity index is 1.27. The molecular formula is C26H36N2O3. The highest BCUT2D eigenvalue weighted by molar-refractivity contribution is 5.99. The molecule has 0 heterocycles. The number of aryl methyl sites for hydroxylation is 1. The maximum absolute atomic E-state index is 12.4. The van der Waals surface area contributed by atoms with Crippen LogP contribution in [0.15, 0.2) is 24.3 Å². The summed E-state index contributed by atoms with van der Waals surface area (Å²) in [7, 11) is 0. The number of carbonyl (C=O) groups excluding carboxylic acids is 2. The number of unbranched alkanes of at least 4 members (excludes halogenated alkanes) is 3. The molecule has 0 saturated heterocycles. The van der Waals surface area contributed by atoms with Gasteiger partial charge in [0.1, 0.15) is 5.41 Å². The molecule has 0 unspecified atom stereocenters. The number of carbonyl (C=O) groups is 2. The fourth-order valence-corrected chi connectivity index (χ4v) is 4.37. The zero-order valence-corrected chi connectivity index (χ0v) is 18.7. The fraction of sp³-hybridized carbons (Fsp3) is 0.654. The van der Waals surface area contributed by atoms with E-state index in [0.29, 0.717) is 18.4 Å². The van der Waals surface area contributed by atoms with Crippen molar-refractivity contribution < 1.29 is 14.3 Å². The molecule has 5 nitrogen and oxygen atoms in total. The number of ketones is 1. The molecule has 1 aromatic carbocycles. The molecule has 0 aliphatic heterocycles. The Morgan fingerprint density at radius 1 is 1.10 bits per heavy atom. The van der Waals surface area contributed by atoms with E-state index in [1.54, 1.807) is 6.07 Å². The molecule has 3 rings (SSSR count). The van der Waals surface area contributed by atoms with Crippen LogP contribution < -0.4 is 5.32 Å². The minimum absolute atomic E-state index is 0.0700. The Labute approximate surface area is 186 Å². The van der Waals surface area contributed by atoms with E-state index in [2.05, 4.69) is 11.4 Å². The summed E-state index contributed by atoms with van der Waals surface area (Å²) in [6.07, 6.45) is 13.5. The summed E-state index contributed by atoms with van der Waals surface area (Å²) in [5.41, 5.74) is 0.877. The van der Waals surface area contributed by atoms with Crippen molar-refractivity contribution in [2.24, 2.45) is 11.3 Å². The average Bonchev–Trinajstić information content (AvgIpc) is 3.61. The average molecular weight is 425 g/mol. The Hall–Kier alpha value is -2.19. The SMILES string of the molecule is N#CC1(C(=O)CNC(=O)c2cccc(CCCCCCOCC3CCCCC3)c2)CC1. The van der Waals surface area contributed by atoms with Gasteiger partial charge in [0.05, 0.1) is 12.6 Å².